The minimum absolute atomic E-state index is 0.510. The molecule has 0 aromatic rings. The fraction of sp³-hybridized carbons (Fsp3) is 0.900. The van der Waals surface area contributed by atoms with E-state index in [2.05, 4.69) is 11.9 Å². The van der Waals surface area contributed by atoms with Gasteiger partial charge in [0.05, 0.1) is 0 Å². The predicted molar refractivity (Wildman–Crippen MR) is 48.0 cm³/mol. The van der Waals surface area contributed by atoms with Crippen molar-refractivity contribution in [1.82, 2.24) is 4.90 Å². The third-order valence-corrected chi connectivity index (χ3v) is 2.87. The normalized spacial score (nSPS) is 25.4. The molecule has 1 saturated heterocycles. The number of hydrogen-bond donors (Lipinski definition) is 0. The zero-order chi connectivity index (χ0) is 8.55. The maximum atomic E-state index is 11.4. The SMILES string of the molecule is CN1CC(CC(=O)CC2CC2)C1. The first-order valence-corrected chi connectivity index (χ1v) is 4.94. The molecule has 1 aliphatic carbocycles. The molecular formula is C10H17NO. The maximum Gasteiger partial charge on any atom is 0.133 e. The van der Waals surface area contributed by atoms with Crippen LogP contribution in [0.5, 0.6) is 0 Å². The molecule has 0 radical (unpaired) electrons. The predicted octanol–water partition coefficient (Wildman–Crippen LogP) is 1.31. The standard InChI is InChI=1S/C10H17NO/c1-11-6-9(7-11)5-10(12)4-8-2-3-8/h8-9H,2-7H2,1H3. The van der Waals surface area contributed by atoms with Gasteiger partial charge < -0.3 is 4.90 Å². The molecule has 0 bridgehead atoms. The molecule has 0 spiro atoms. The summed E-state index contributed by atoms with van der Waals surface area (Å²) in [5, 5.41) is 0. The van der Waals surface area contributed by atoms with Crippen LogP contribution in [0.1, 0.15) is 25.7 Å². The van der Waals surface area contributed by atoms with Crippen molar-refractivity contribution >= 4 is 5.78 Å². The Morgan fingerprint density at radius 1 is 1.25 bits per heavy atom. The molecule has 2 fully saturated rings. The van der Waals surface area contributed by atoms with Crippen molar-refractivity contribution in [3.63, 3.8) is 0 Å². The highest BCUT2D eigenvalue weighted by Gasteiger charge is 2.29. The van der Waals surface area contributed by atoms with E-state index in [9.17, 15) is 4.79 Å². The lowest BCUT2D eigenvalue weighted by atomic mass is 9.93. The third kappa shape index (κ3) is 2.07. The number of ketones is 1. The Morgan fingerprint density at radius 3 is 2.33 bits per heavy atom. The molecule has 2 aliphatic rings. The van der Waals surface area contributed by atoms with Crippen LogP contribution >= 0.6 is 0 Å². The number of carbonyl (C=O) groups is 1. The zero-order valence-corrected chi connectivity index (χ0v) is 7.75. The summed E-state index contributed by atoms with van der Waals surface area (Å²) < 4.78 is 0. The molecule has 1 aliphatic heterocycles. The molecule has 0 aromatic heterocycles. The summed E-state index contributed by atoms with van der Waals surface area (Å²) in [6, 6.07) is 0. The second-order valence-electron chi connectivity index (χ2n) is 4.48. The van der Waals surface area contributed by atoms with Crippen LogP contribution in [0.3, 0.4) is 0 Å². The number of rotatable bonds is 4. The molecule has 2 nitrogen and oxygen atoms in total. The van der Waals surface area contributed by atoms with Crippen molar-refractivity contribution in [3.8, 4) is 0 Å². The van der Waals surface area contributed by atoms with Crippen LogP contribution in [0.2, 0.25) is 0 Å². The molecule has 0 aromatic carbocycles. The van der Waals surface area contributed by atoms with Crippen molar-refractivity contribution < 1.29 is 4.79 Å². The van der Waals surface area contributed by atoms with Crippen LogP contribution in [0.4, 0.5) is 0 Å². The molecule has 2 rings (SSSR count). The lowest BCUT2D eigenvalue weighted by Gasteiger charge is -2.35. The lowest BCUT2D eigenvalue weighted by molar-refractivity contribution is -0.121. The molecule has 2 heteroatoms. The zero-order valence-electron chi connectivity index (χ0n) is 7.75. The van der Waals surface area contributed by atoms with Gasteiger partial charge in [-0.3, -0.25) is 4.79 Å². The van der Waals surface area contributed by atoms with Gasteiger partial charge in [0.1, 0.15) is 5.78 Å². The minimum Gasteiger partial charge on any atom is -0.306 e. The van der Waals surface area contributed by atoms with Gasteiger partial charge in [-0.15, -0.1) is 0 Å². The summed E-state index contributed by atoms with van der Waals surface area (Å²) in [6.07, 6.45) is 4.33. The van der Waals surface area contributed by atoms with E-state index >= 15 is 0 Å². The van der Waals surface area contributed by atoms with Crippen LogP contribution < -0.4 is 0 Å². The smallest absolute Gasteiger partial charge is 0.133 e. The first-order valence-electron chi connectivity index (χ1n) is 4.94. The average Bonchev–Trinajstić information content (AvgIpc) is 2.68. The Labute approximate surface area is 73.9 Å². The van der Waals surface area contributed by atoms with Crippen molar-refractivity contribution in [3.05, 3.63) is 0 Å². The molecule has 0 unspecified atom stereocenters. The Kier molecular flexibility index (Phi) is 2.18. The van der Waals surface area contributed by atoms with Gasteiger partial charge in [0, 0.05) is 25.9 Å². The van der Waals surface area contributed by atoms with E-state index in [4.69, 9.17) is 0 Å². The Balaban J connectivity index is 1.62. The fourth-order valence-corrected chi connectivity index (χ4v) is 2.01. The van der Waals surface area contributed by atoms with Gasteiger partial charge in [0.15, 0.2) is 0 Å². The quantitative estimate of drug-likeness (QED) is 0.629. The summed E-state index contributed by atoms with van der Waals surface area (Å²) >= 11 is 0. The minimum atomic E-state index is 0.510. The largest absolute Gasteiger partial charge is 0.306 e. The summed E-state index contributed by atoms with van der Waals surface area (Å²) in [7, 11) is 2.11. The highest BCUT2D eigenvalue weighted by atomic mass is 16.1. The fourth-order valence-electron chi connectivity index (χ4n) is 2.01. The van der Waals surface area contributed by atoms with Crippen LogP contribution in [0.15, 0.2) is 0 Å². The van der Waals surface area contributed by atoms with Gasteiger partial charge in [-0.2, -0.15) is 0 Å². The van der Waals surface area contributed by atoms with Crippen molar-refractivity contribution in [1.29, 1.82) is 0 Å². The topological polar surface area (TPSA) is 20.3 Å². The Bertz CT molecular complexity index is 180. The first kappa shape index (κ1) is 8.24. The number of Topliss-reactive ketones (excluding diaryl/α,β-unsaturated/α-hetero) is 1. The Morgan fingerprint density at radius 2 is 1.83 bits per heavy atom. The summed E-state index contributed by atoms with van der Waals surface area (Å²) in [6.45, 7) is 2.27. The molecule has 1 saturated carbocycles. The Hall–Kier alpha value is -0.370. The van der Waals surface area contributed by atoms with Gasteiger partial charge in [-0.05, 0) is 31.7 Å². The third-order valence-electron chi connectivity index (χ3n) is 2.87. The molecular weight excluding hydrogens is 150 g/mol. The van der Waals surface area contributed by atoms with Crippen molar-refractivity contribution in [2.75, 3.05) is 20.1 Å². The van der Waals surface area contributed by atoms with E-state index in [1.807, 2.05) is 0 Å². The first-order chi connectivity index (χ1) is 5.74. The van der Waals surface area contributed by atoms with Gasteiger partial charge in [-0.1, -0.05) is 0 Å². The molecule has 68 valence electrons. The van der Waals surface area contributed by atoms with Crippen LogP contribution in [-0.2, 0) is 4.79 Å². The highest BCUT2D eigenvalue weighted by Crippen LogP contribution is 2.33. The molecule has 0 N–H and O–H groups in total. The number of nitrogens with zero attached hydrogens (tertiary/aromatic N) is 1. The lowest BCUT2D eigenvalue weighted by Crippen LogP contribution is -2.44. The number of likely N-dealkylation sites (tertiary alicyclic amines) is 1. The second-order valence-corrected chi connectivity index (χ2v) is 4.48. The van der Waals surface area contributed by atoms with Gasteiger partial charge in [0.2, 0.25) is 0 Å². The van der Waals surface area contributed by atoms with Crippen LogP contribution in [0.25, 0.3) is 0 Å². The number of carbonyl (C=O) groups excluding carboxylic acids is 1. The molecule has 12 heavy (non-hydrogen) atoms. The van der Waals surface area contributed by atoms with Crippen molar-refractivity contribution in [2.24, 2.45) is 11.8 Å². The van der Waals surface area contributed by atoms with E-state index < -0.39 is 0 Å². The van der Waals surface area contributed by atoms with Gasteiger partial charge >= 0.3 is 0 Å². The van der Waals surface area contributed by atoms with E-state index in [1.54, 1.807) is 0 Å². The second kappa shape index (κ2) is 3.17. The number of hydrogen-bond acceptors (Lipinski definition) is 2. The van der Waals surface area contributed by atoms with Gasteiger partial charge in [-0.25, -0.2) is 0 Å². The summed E-state index contributed by atoms with van der Waals surface area (Å²) in [4.78, 5) is 13.7. The van der Waals surface area contributed by atoms with Gasteiger partial charge in [0.25, 0.3) is 0 Å². The van der Waals surface area contributed by atoms with E-state index in [-0.39, 0.29) is 0 Å². The van der Waals surface area contributed by atoms with Crippen LogP contribution in [-0.4, -0.2) is 30.8 Å². The average molecular weight is 167 g/mol. The van der Waals surface area contributed by atoms with E-state index in [0.717, 1.165) is 31.8 Å². The molecule has 1 heterocycles. The molecule has 0 amide bonds. The molecule has 0 atom stereocenters. The summed E-state index contributed by atoms with van der Waals surface area (Å²) in [5.74, 6) is 1.96. The maximum absolute atomic E-state index is 11.4. The van der Waals surface area contributed by atoms with Crippen LogP contribution in [0, 0.1) is 11.8 Å². The summed E-state index contributed by atoms with van der Waals surface area (Å²) in [5.41, 5.74) is 0. The monoisotopic (exact) mass is 167 g/mol. The van der Waals surface area contributed by atoms with E-state index in [1.165, 1.54) is 12.8 Å². The van der Waals surface area contributed by atoms with E-state index in [0.29, 0.717) is 11.7 Å². The highest BCUT2D eigenvalue weighted by molar-refractivity contribution is 5.79. The van der Waals surface area contributed by atoms with Crippen molar-refractivity contribution in [2.45, 2.75) is 25.7 Å².